The van der Waals surface area contributed by atoms with Crippen molar-refractivity contribution in [2.45, 2.75) is 25.7 Å². The van der Waals surface area contributed by atoms with Crippen molar-refractivity contribution in [3.8, 4) is 17.6 Å². The molecule has 2 aromatic carbocycles. The SMILES string of the molecule is COc1ncc(-n2cc(C(=O)Nc3cc(Cl)ccc3F)c(C3C(=O)Nc4cc(Cl)ccc43)c2C(C)C)c(OC)n1. The number of halogens is 3. The van der Waals surface area contributed by atoms with E-state index in [4.69, 9.17) is 32.7 Å². The predicted molar refractivity (Wildman–Crippen MR) is 150 cm³/mol. The number of benzene rings is 2. The summed E-state index contributed by atoms with van der Waals surface area (Å²) in [5, 5.41) is 6.18. The van der Waals surface area contributed by atoms with E-state index in [2.05, 4.69) is 20.6 Å². The summed E-state index contributed by atoms with van der Waals surface area (Å²) in [5.74, 6) is -2.51. The number of amides is 2. The number of nitrogens with zero attached hydrogens (tertiary/aromatic N) is 3. The molecule has 1 aliphatic rings. The van der Waals surface area contributed by atoms with Crippen molar-refractivity contribution in [1.82, 2.24) is 14.5 Å². The van der Waals surface area contributed by atoms with Gasteiger partial charge >= 0.3 is 6.01 Å². The monoisotopic (exact) mass is 583 g/mol. The van der Waals surface area contributed by atoms with E-state index in [9.17, 15) is 14.0 Å². The molecule has 0 saturated carbocycles. The maximum atomic E-state index is 14.6. The van der Waals surface area contributed by atoms with Gasteiger partial charge in [-0.2, -0.15) is 4.98 Å². The fraction of sp³-hybridized carbons (Fsp3) is 0.214. The number of carbonyl (C=O) groups is 2. The minimum absolute atomic E-state index is 0.0921. The van der Waals surface area contributed by atoms with Crippen LogP contribution in [0.1, 0.15) is 52.9 Å². The fourth-order valence-corrected chi connectivity index (χ4v) is 5.22. The van der Waals surface area contributed by atoms with Gasteiger partial charge in [-0.25, -0.2) is 9.37 Å². The summed E-state index contributed by atoms with van der Waals surface area (Å²) in [5.41, 5.74) is 2.71. The van der Waals surface area contributed by atoms with Crippen LogP contribution in [-0.4, -0.2) is 40.6 Å². The van der Waals surface area contributed by atoms with E-state index in [0.29, 0.717) is 33.2 Å². The first-order valence-electron chi connectivity index (χ1n) is 12.2. The molecule has 0 spiro atoms. The van der Waals surface area contributed by atoms with E-state index in [1.54, 1.807) is 29.0 Å². The van der Waals surface area contributed by atoms with Gasteiger partial charge < -0.3 is 24.7 Å². The molecule has 0 saturated heterocycles. The number of fused-ring (bicyclic) bond motifs is 1. The maximum absolute atomic E-state index is 14.6. The summed E-state index contributed by atoms with van der Waals surface area (Å²) in [6.07, 6.45) is 3.07. The molecule has 4 aromatic rings. The van der Waals surface area contributed by atoms with Crippen molar-refractivity contribution in [3.63, 3.8) is 0 Å². The van der Waals surface area contributed by atoms with E-state index in [1.807, 2.05) is 13.8 Å². The number of hydrogen-bond acceptors (Lipinski definition) is 6. The molecule has 1 atom stereocenters. The lowest BCUT2D eigenvalue weighted by Gasteiger charge is -2.19. The Morgan fingerprint density at radius 1 is 1.12 bits per heavy atom. The molecule has 206 valence electrons. The number of ether oxygens (including phenoxy) is 2. The van der Waals surface area contributed by atoms with E-state index in [1.165, 1.54) is 32.5 Å². The molecule has 1 unspecified atom stereocenters. The molecule has 0 aliphatic carbocycles. The number of hydrogen-bond donors (Lipinski definition) is 2. The Kier molecular flexibility index (Phi) is 7.39. The molecular formula is C28H24Cl2FN5O4. The molecule has 2 amide bonds. The molecule has 0 bridgehead atoms. The Labute approximate surface area is 239 Å². The first kappa shape index (κ1) is 27.4. The van der Waals surface area contributed by atoms with Crippen molar-refractivity contribution in [3.05, 3.63) is 87.0 Å². The van der Waals surface area contributed by atoms with Crippen molar-refractivity contribution in [2.24, 2.45) is 0 Å². The van der Waals surface area contributed by atoms with E-state index < -0.39 is 17.6 Å². The lowest BCUT2D eigenvalue weighted by Crippen LogP contribution is -2.20. The average Bonchev–Trinajstić information content (AvgIpc) is 3.46. The first-order chi connectivity index (χ1) is 19.1. The maximum Gasteiger partial charge on any atom is 0.319 e. The average molecular weight is 584 g/mol. The Hall–Kier alpha value is -4.15. The molecule has 0 radical (unpaired) electrons. The standard InChI is InChI=1S/C28H24Cl2FN5O4/c1-13(2)24-22(23-16-7-5-14(29)9-19(16)33-26(23)38)17(25(37)34-20-10-15(30)6-8-18(20)31)12-36(24)21-11-32-28(40-4)35-27(21)39-3/h5-13,23H,1-4H3,(H,33,38)(H,34,37). The Balaban J connectivity index is 1.76. The van der Waals surface area contributed by atoms with E-state index in [0.717, 1.165) is 6.07 Å². The Morgan fingerprint density at radius 2 is 1.85 bits per heavy atom. The number of anilines is 2. The van der Waals surface area contributed by atoms with Crippen LogP contribution in [0.3, 0.4) is 0 Å². The lowest BCUT2D eigenvalue weighted by molar-refractivity contribution is -0.116. The molecule has 40 heavy (non-hydrogen) atoms. The second-order valence-corrected chi connectivity index (χ2v) is 10.2. The zero-order valence-corrected chi connectivity index (χ0v) is 23.4. The van der Waals surface area contributed by atoms with Crippen LogP contribution < -0.4 is 20.1 Å². The Morgan fingerprint density at radius 3 is 2.55 bits per heavy atom. The van der Waals surface area contributed by atoms with E-state index in [-0.39, 0.29) is 40.0 Å². The zero-order chi connectivity index (χ0) is 28.7. The third-order valence-corrected chi connectivity index (χ3v) is 7.01. The van der Waals surface area contributed by atoms with Gasteiger partial charge in [0.1, 0.15) is 11.5 Å². The summed E-state index contributed by atoms with van der Waals surface area (Å²) in [6.45, 7) is 3.86. The number of methoxy groups -OCH3 is 2. The molecule has 9 nitrogen and oxygen atoms in total. The highest BCUT2D eigenvalue weighted by molar-refractivity contribution is 6.31. The van der Waals surface area contributed by atoms with Crippen molar-refractivity contribution < 1.29 is 23.5 Å². The number of carbonyl (C=O) groups excluding carboxylic acids is 2. The second kappa shape index (κ2) is 10.8. The predicted octanol–water partition coefficient (Wildman–Crippen LogP) is 6.19. The highest BCUT2D eigenvalue weighted by Gasteiger charge is 2.39. The van der Waals surface area contributed by atoms with Crippen molar-refractivity contribution >= 4 is 46.4 Å². The van der Waals surface area contributed by atoms with Crippen LogP contribution in [0.15, 0.2) is 48.8 Å². The summed E-state index contributed by atoms with van der Waals surface area (Å²) in [6, 6.07) is 9.03. The first-order valence-corrected chi connectivity index (χ1v) is 13.0. The lowest BCUT2D eigenvalue weighted by atomic mass is 9.87. The third kappa shape index (κ3) is 4.84. The van der Waals surface area contributed by atoms with Gasteiger partial charge in [0, 0.05) is 33.2 Å². The van der Waals surface area contributed by atoms with E-state index >= 15 is 0 Å². The molecule has 0 fully saturated rings. The molecule has 12 heteroatoms. The van der Waals surface area contributed by atoms with Crippen molar-refractivity contribution in [1.29, 1.82) is 0 Å². The van der Waals surface area contributed by atoms with Crippen molar-refractivity contribution in [2.75, 3.05) is 24.9 Å². The van der Waals surface area contributed by atoms with Gasteiger partial charge in [0.05, 0.1) is 37.6 Å². The van der Waals surface area contributed by atoms with Gasteiger partial charge in [-0.3, -0.25) is 9.59 Å². The minimum atomic E-state index is -0.860. The van der Waals surface area contributed by atoms with Crippen LogP contribution >= 0.6 is 23.2 Å². The summed E-state index contributed by atoms with van der Waals surface area (Å²) in [4.78, 5) is 35.8. The molecule has 2 aromatic heterocycles. The highest BCUT2D eigenvalue weighted by Crippen LogP contribution is 2.44. The second-order valence-electron chi connectivity index (χ2n) is 9.35. The Bertz CT molecular complexity index is 1660. The number of aromatic nitrogens is 3. The van der Waals surface area contributed by atoms with Crippen LogP contribution in [0.2, 0.25) is 10.0 Å². The highest BCUT2D eigenvalue weighted by atomic mass is 35.5. The van der Waals surface area contributed by atoms with Gasteiger partial charge in [-0.05, 0) is 41.8 Å². The zero-order valence-electron chi connectivity index (χ0n) is 21.9. The van der Waals surface area contributed by atoms with Crippen LogP contribution in [0.4, 0.5) is 15.8 Å². The fourth-order valence-electron chi connectivity index (χ4n) is 4.87. The largest absolute Gasteiger partial charge is 0.479 e. The smallest absolute Gasteiger partial charge is 0.319 e. The van der Waals surface area contributed by atoms with Crippen LogP contribution in [-0.2, 0) is 4.79 Å². The molecular weight excluding hydrogens is 560 g/mol. The van der Waals surface area contributed by atoms with Crippen LogP contribution in [0, 0.1) is 5.82 Å². The van der Waals surface area contributed by atoms with Gasteiger partial charge in [-0.15, -0.1) is 0 Å². The van der Waals surface area contributed by atoms with Gasteiger partial charge in [-0.1, -0.05) is 43.1 Å². The summed E-state index contributed by atoms with van der Waals surface area (Å²) in [7, 11) is 2.88. The van der Waals surface area contributed by atoms with Crippen LogP contribution in [0.25, 0.3) is 5.69 Å². The van der Waals surface area contributed by atoms with Gasteiger partial charge in [0.25, 0.3) is 5.91 Å². The quantitative estimate of drug-likeness (QED) is 0.268. The van der Waals surface area contributed by atoms with Gasteiger partial charge in [0.15, 0.2) is 0 Å². The topological polar surface area (TPSA) is 107 Å². The normalized spacial score (nSPS) is 14.2. The minimum Gasteiger partial charge on any atom is -0.479 e. The molecule has 3 heterocycles. The molecule has 1 aliphatic heterocycles. The number of nitrogens with one attached hydrogen (secondary N) is 2. The number of rotatable bonds is 7. The summed E-state index contributed by atoms with van der Waals surface area (Å²) >= 11 is 12.2. The van der Waals surface area contributed by atoms with Gasteiger partial charge in [0.2, 0.25) is 11.8 Å². The third-order valence-electron chi connectivity index (χ3n) is 6.54. The van der Waals surface area contributed by atoms with Crippen LogP contribution in [0.5, 0.6) is 11.9 Å². The molecule has 5 rings (SSSR count). The summed E-state index contributed by atoms with van der Waals surface area (Å²) < 4.78 is 27.0. The molecule has 2 N–H and O–H groups in total.